The van der Waals surface area contributed by atoms with E-state index in [1.165, 1.54) is 11.3 Å². The van der Waals surface area contributed by atoms with Gasteiger partial charge in [-0.25, -0.2) is 4.98 Å². The fourth-order valence-electron chi connectivity index (χ4n) is 1.52. The zero-order valence-electron chi connectivity index (χ0n) is 9.93. The van der Waals surface area contributed by atoms with Gasteiger partial charge in [-0.1, -0.05) is 0 Å². The lowest BCUT2D eigenvalue weighted by Gasteiger charge is -2.11. The van der Waals surface area contributed by atoms with E-state index < -0.39 is 0 Å². The number of nitrogens with one attached hydrogen (secondary N) is 1. The van der Waals surface area contributed by atoms with E-state index in [9.17, 15) is 0 Å². The molecule has 5 nitrogen and oxygen atoms in total. The van der Waals surface area contributed by atoms with E-state index in [-0.39, 0.29) is 0 Å². The van der Waals surface area contributed by atoms with Gasteiger partial charge in [-0.15, -0.1) is 11.3 Å². The van der Waals surface area contributed by atoms with Crippen LogP contribution in [0.5, 0.6) is 5.75 Å². The summed E-state index contributed by atoms with van der Waals surface area (Å²) in [6, 6.07) is 3.31. The Morgan fingerprint density at radius 2 is 2.17 bits per heavy atom. The molecule has 5 N–H and O–H groups in total. The lowest BCUT2D eigenvalue weighted by molar-refractivity contribution is 0.304. The van der Waals surface area contributed by atoms with E-state index in [1.807, 2.05) is 5.38 Å². The van der Waals surface area contributed by atoms with Crippen molar-refractivity contribution in [3.05, 3.63) is 34.3 Å². The molecule has 18 heavy (non-hydrogen) atoms. The number of hydrogen-bond acceptors (Lipinski definition) is 6. The summed E-state index contributed by atoms with van der Waals surface area (Å²) in [5, 5.41) is 9.49. The van der Waals surface area contributed by atoms with Crippen molar-refractivity contribution in [3.63, 3.8) is 0 Å². The SMILES string of the molecule is CC(=N)c1cc(N)c(OCc2cscn2)cc1N. The second-order valence-electron chi connectivity index (χ2n) is 3.87. The Bertz CT molecular complexity index is 566. The monoisotopic (exact) mass is 262 g/mol. The van der Waals surface area contributed by atoms with Crippen LogP contribution in [0.15, 0.2) is 23.0 Å². The third kappa shape index (κ3) is 2.60. The van der Waals surface area contributed by atoms with Crippen LogP contribution in [0.1, 0.15) is 18.2 Å². The summed E-state index contributed by atoms with van der Waals surface area (Å²) in [5.41, 5.74) is 16.3. The average molecular weight is 262 g/mol. The third-order valence-electron chi connectivity index (χ3n) is 2.44. The van der Waals surface area contributed by atoms with Gasteiger partial charge in [0, 0.05) is 28.4 Å². The topological polar surface area (TPSA) is 98.0 Å². The Hall–Kier alpha value is -2.08. The molecule has 0 spiro atoms. The Morgan fingerprint density at radius 1 is 1.39 bits per heavy atom. The van der Waals surface area contributed by atoms with Crippen LogP contribution in [0.4, 0.5) is 11.4 Å². The molecular weight excluding hydrogens is 248 g/mol. The van der Waals surface area contributed by atoms with Crippen LogP contribution in [0, 0.1) is 5.41 Å². The molecule has 2 aromatic rings. The van der Waals surface area contributed by atoms with Crippen molar-refractivity contribution in [3.8, 4) is 5.75 Å². The number of nitrogen functional groups attached to an aromatic ring is 2. The van der Waals surface area contributed by atoms with E-state index in [2.05, 4.69) is 4.98 Å². The van der Waals surface area contributed by atoms with Crippen LogP contribution in [0.25, 0.3) is 0 Å². The van der Waals surface area contributed by atoms with Crippen molar-refractivity contribution in [2.45, 2.75) is 13.5 Å². The summed E-state index contributed by atoms with van der Waals surface area (Å²) in [6.45, 7) is 2.02. The standard InChI is InChI=1S/C12H14N4OS/c1-7(13)9-2-11(15)12(3-10(9)14)17-4-8-5-18-6-16-8/h2-3,5-6,13H,4,14-15H2,1H3. The first-order valence-corrected chi connectivity index (χ1v) is 6.26. The van der Waals surface area contributed by atoms with Crippen molar-refractivity contribution >= 4 is 28.4 Å². The number of hydrogen-bond donors (Lipinski definition) is 3. The molecule has 1 aromatic carbocycles. The van der Waals surface area contributed by atoms with Gasteiger partial charge in [0.05, 0.1) is 16.9 Å². The van der Waals surface area contributed by atoms with Gasteiger partial charge in [0.15, 0.2) is 0 Å². The molecule has 1 aromatic heterocycles. The normalized spacial score (nSPS) is 10.3. The van der Waals surface area contributed by atoms with Crippen molar-refractivity contribution in [2.24, 2.45) is 0 Å². The van der Waals surface area contributed by atoms with Gasteiger partial charge in [0.1, 0.15) is 12.4 Å². The van der Waals surface area contributed by atoms with E-state index >= 15 is 0 Å². The summed E-state index contributed by atoms with van der Waals surface area (Å²) >= 11 is 1.51. The van der Waals surface area contributed by atoms with E-state index in [4.69, 9.17) is 21.6 Å². The van der Waals surface area contributed by atoms with Gasteiger partial charge in [-0.3, -0.25) is 0 Å². The lowest BCUT2D eigenvalue weighted by atomic mass is 10.1. The summed E-state index contributed by atoms with van der Waals surface area (Å²) in [5.74, 6) is 0.519. The Kier molecular flexibility index (Phi) is 3.47. The predicted octanol–water partition coefficient (Wildman–Crippen LogP) is 2.27. The maximum atomic E-state index is 7.57. The Balaban J connectivity index is 2.19. The van der Waals surface area contributed by atoms with Gasteiger partial charge in [0.2, 0.25) is 0 Å². The van der Waals surface area contributed by atoms with Crippen molar-refractivity contribution in [2.75, 3.05) is 11.5 Å². The first kappa shape index (κ1) is 12.4. The number of rotatable bonds is 4. The van der Waals surface area contributed by atoms with Crippen LogP contribution in [0.3, 0.4) is 0 Å². The molecule has 0 bridgehead atoms. The quantitative estimate of drug-likeness (QED) is 0.581. The molecule has 0 fully saturated rings. The molecule has 1 heterocycles. The molecule has 94 valence electrons. The largest absolute Gasteiger partial charge is 0.485 e. The molecular formula is C12H14N4OS. The average Bonchev–Trinajstić information content (AvgIpc) is 2.82. The van der Waals surface area contributed by atoms with Gasteiger partial charge in [0.25, 0.3) is 0 Å². The second-order valence-corrected chi connectivity index (χ2v) is 4.59. The first-order valence-electron chi connectivity index (χ1n) is 5.32. The molecule has 6 heteroatoms. The van der Waals surface area contributed by atoms with Crippen LogP contribution in [-0.2, 0) is 6.61 Å². The van der Waals surface area contributed by atoms with Crippen LogP contribution >= 0.6 is 11.3 Å². The molecule has 0 radical (unpaired) electrons. The molecule has 0 amide bonds. The summed E-state index contributed by atoms with van der Waals surface area (Å²) in [4.78, 5) is 4.12. The minimum Gasteiger partial charge on any atom is -0.485 e. The lowest BCUT2D eigenvalue weighted by Crippen LogP contribution is -2.05. The highest BCUT2D eigenvalue weighted by Gasteiger charge is 2.09. The molecule has 0 aliphatic rings. The van der Waals surface area contributed by atoms with E-state index in [1.54, 1.807) is 24.6 Å². The molecule has 0 aliphatic heterocycles. The maximum Gasteiger partial charge on any atom is 0.144 e. The Morgan fingerprint density at radius 3 is 2.78 bits per heavy atom. The minimum atomic E-state index is 0.357. The zero-order valence-corrected chi connectivity index (χ0v) is 10.8. The van der Waals surface area contributed by atoms with Gasteiger partial charge >= 0.3 is 0 Å². The molecule has 0 unspecified atom stereocenters. The highest BCUT2D eigenvalue weighted by molar-refractivity contribution is 7.07. The number of ether oxygens (including phenoxy) is 1. The number of thiazole rings is 1. The van der Waals surface area contributed by atoms with Crippen LogP contribution in [-0.4, -0.2) is 10.7 Å². The summed E-state index contributed by atoms with van der Waals surface area (Å²) in [7, 11) is 0. The number of benzene rings is 1. The maximum absolute atomic E-state index is 7.57. The summed E-state index contributed by atoms with van der Waals surface area (Å²) in [6.07, 6.45) is 0. The van der Waals surface area contributed by atoms with E-state index in [0.717, 1.165) is 5.69 Å². The van der Waals surface area contributed by atoms with E-state index in [0.29, 0.717) is 35.0 Å². The molecule has 2 rings (SSSR count). The highest BCUT2D eigenvalue weighted by Crippen LogP contribution is 2.28. The third-order valence-corrected chi connectivity index (χ3v) is 3.08. The second kappa shape index (κ2) is 5.05. The number of anilines is 2. The minimum absolute atomic E-state index is 0.357. The van der Waals surface area contributed by atoms with Crippen LogP contribution in [0.2, 0.25) is 0 Å². The van der Waals surface area contributed by atoms with Crippen molar-refractivity contribution in [1.29, 1.82) is 5.41 Å². The van der Waals surface area contributed by atoms with Crippen molar-refractivity contribution < 1.29 is 4.74 Å². The van der Waals surface area contributed by atoms with Gasteiger partial charge in [-0.05, 0) is 13.0 Å². The molecule has 0 atom stereocenters. The van der Waals surface area contributed by atoms with Crippen molar-refractivity contribution in [1.82, 2.24) is 4.98 Å². The zero-order chi connectivity index (χ0) is 13.1. The number of nitrogens with two attached hydrogens (primary N) is 2. The van der Waals surface area contributed by atoms with Gasteiger partial charge in [-0.2, -0.15) is 0 Å². The first-order chi connectivity index (χ1) is 8.58. The smallest absolute Gasteiger partial charge is 0.144 e. The van der Waals surface area contributed by atoms with Crippen LogP contribution < -0.4 is 16.2 Å². The molecule has 0 saturated carbocycles. The van der Waals surface area contributed by atoms with Gasteiger partial charge < -0.3 is 21.6 Å². The fraction of sp³-hybridized carbons (Fsp3) is 0.167. The summed E-state index contributed by atoms with van der Waals surface area (Å²) < 4.78 is 5.57. The number of nitrogens with zero attached hydrogens (tertiary/aromatic N) is 1. The highest BCUT2D eigenvalue weighted by atomic mass is 32.1. The molecule has 0 saturated heterocycles. The Labute approximate surface area is 109 Å². The fourth-order valence-corrected chi connectivity index (χ4v) is 2.07. The molecule has 0 aliphatic carbocycles. The number of aromatic nitrogens is 1. The predicted molar refractivity (Wildman–Crippen MR) is 74.2 cm³/mol.